The van der Waals surface area contributed by atoms with Gasteiger partial charge in [0.2, 0.25) is 5.69 Å². The summed E-state index contributed by atoms with van der Waals surface area (Å²) in [6.07, 6.45) is 7.80. The smallest absolute Gasteiger partial charge is 0.212 e. The Labute approximate surface area is 99.4 Å². The Morgan fingerprint density at radius 2 is 2.07 bits per heavy atom. The van der Waals surface area contributed by atoms with Gasteiger partial charge >= 0.3 is 0 Å². The van der Waals surface area contributed by atoms with Crippen LogP contribution in [-0.2, 0) is 27.6 Å². The number of nitrogens with zero attached hydrogens (tertiary/aromatic N) is 1. The van der Waals surface area contributed by atoms with Gasteiger partial charge in [0.05, 0.1) is 5.57 Å². The van der Waals surface area contributed by atoms with Crippen molar-refractivity contribution in [3.05, 3.63) is 55.2 Å². The minimum Gasteiger partial charge on any atom is -0.358 e. The van der Waals surface area contributed by atoms with Crippen molar-refractivity contribution in [2.24, 2.45) is 0 Å². The van der Waals surface area contributed by atoms with Crippen molar-refractivity contribution in [1.82, 2.24) is 0 Å². The number of fused-ring (bicyclic) bond motifs is 2. The van der Waals surface area contributed by atoms with Crippen LogP contribution in [0, 0.1) is 7.43 Å². The van der Waals surface area contributed by atoms with Gasteiger partial charge in [-0.25, -0.2) is 0 Å². The van der Waals surface area contributed by atoms with E-state index < -0.39 is 0 Å². The molecule has 0 bridgehead atoms. The number of hydrogen-bond donors (Lipinski definition) is 0. The molecule has 0 amide bonds. The summed E-state index contributed by atoms with van der Waals surface area (Å²) in [6, 6.07) is 6.39. The molecule has 3 rings (SSSR count). The quantitative estimate of drug-likeness (QED) is 0.496. The van der Waals surface area contributed by atoms with Gasteiger partial charge < -0.3 is 7.43 Å². The molecule has 1 aromatic heterocycles. The molecule has 0 saturated carbocycles. The van der Waals surface area contributed by atoms with Gasteiger partial charge in [0.15, 0.2) is 12.7 Å². The van der Waals surface area contributed by atoms with E-state index in [2.05, 4.69) is 41.1 Å². The van der Waals surface area contributed by atoms with Gasteiger partial charge in [0.1, 0.15) is 0 Å². The van der Waals surface area contributed by atoms with Crippen molar-refractivity contribution >= 4 is 5.57 Å². The molecule has 72 valence electrons. The Morgan fingerprint density at radius 1 is 1.21 bits per heavy atom. The standard InChI is InChI=1S/C11H10N.CH3.W/c1-2-7-12-8-9-4-3-5-10(9)11(12)6-1;;/h1-3,5-7H,4,8H2;1H3;/q+1;-1;. The fraction of sp³-hybridized carbons (Fsp3) is 0.167. The summed E-state index contributed by atoms with van der Waals surface area (Å²) in [4.78, 5) is 0. The fourth-order valence-electron chi connectivity index (χ4n) is 2.03. The summed E-state index contributed by atoms with van der Waals surface area (Å²) < 4.78 is 2.31. The van der Waals surface area contributed by atoms with E-state index in [1.54, 1.807) is 5.57 Å². The molecule has 2 heterocycles. The fourth-order valence-corrected chi connectivity index (χ4v) is 2.03. The van der Waals surface area contributed by atoms with Gasteiger partial charge in [-0.2, -0.15) is 4.57 Å². The van der Waals surface area contributed by atoms with Gasteiger partial charge in [0, 0.05) is 38.8 Å². The summed E-state index contributed by atoms with van der Waals surface area (Å²) in [6.45, 7) is 1.10. The maximum Gasteiger partial charge on any atom is 0.212 e. The van der Waals surface area contributed by atoms with Crippen LogP contribution < -0.4 is 4.57 Å². The Kier molecular flexibility index (Phi) is 3.44. The minimum absolute atomic E-state index is 0. The van der Waals surface area contributed by atoms with Gasteiger partial charge in [-0.3, -0.25) is 0 Å². The molecule has 0 saturated heterocycles. The summed E-state index contributed by atoms with van der Waals surface area (Å²) in [7, 11) is 0. The SMILES string of the molecule is C1=CC2=C(C1)C[n+]1ccccc12.[CH3-].[W]. The first-order valence-electron chi connectivity index (χ1n) is 4.32. The third-order valence-electron chi connectivity index (χ3n) is 2.61. The number of pyridine rings is 1. The van der Waals surface area contributed by atoms with Crippen molar-refractivity contribution in [2.45, 2.75) is 13.0 Å². The van der Waals surface area contributed by atoms with Crippen molar-refractivity contribution in [1.29, 1.82) is 0 Å². The maximum absolute atomic E-state index is 2.31. The third kappa shape index (κ3) is 1.50. The normalized spacial score (nSPS) is 15.7. The molecular weight excluding hydrogens is 342 g/mol. The molecule has 1 aliphatic heterocycles. The Hall–Kier alpha value is -0.682. The van der Waals surface area contributed by atoms with Crippen LogP contribution in [0.15, 0.2) is 42.1 Å². The van der Waals surface area contributed by atoms with Gasteiger partial charge in [-0.05, 0) is 12.5 Å². The molecule has 0 fully saturated rings. The predicted octanol–water partition coefficient (Wildman–Crippen LogP) is 2.15. The largest absolute Gasteiger partial charge is 0.358 e. The Bertz CT molecular complexity index is 405. The first-order valence-corrected chi connectivity index (χ1v) is 4.32. The van der Waals surface area contributed by atoms with E-state index in [-0.39, 0.29) is 28.5 Å². The average molecular weight is 355 g/mol. The summed E-state index contributed by atoms with van der Waals surface area (Å²) in [5, 5.41) is 0. The summed E-state index contributed by atoms with van der Waals surface area (Å²) in [5.41, 5.74) is 4.40. The third-order valence-corrected chi connectivity index (χ3v) is 2.61. The van der Waals surface area contributed by atoms with Crippen molar-refractivity contribution in [2.75, 3.05) is 0 Å². The first kappa shape index (κ1) is 11.4. The predicted molar refractivity (Wildman–Crippen MR) is 53.7 cm³/mol. The number of hydrogen-bond acceptors (Lipinski definition) is 0. The molecule has 14 heavy (non-hydrogen) atoms. The van der Waals surface area contributed by atoms with E-state index in [9.17, 15) is 0 Å². The molecule has 0 radical (unpaired) electrons. The van der Waals surface area contributed by atoms with E-state index in [4.69, 9.17) is 0 Å². The van der Waals surface area contributed by atoms with Crippen LogP contribution >= 0.6 is 0 Å². The van der Waals surface area contributed by atoms with Crippen LogP contribution in [-0.4, -0.2) is 0 Å². The van der Waals surface area contributed by atoms with Gasteiger partial charge in [0.25, 0.3) is 0 Å². The van der Waals surface area contributed by atoms with Gasteiger partial charge in [-0.15, -0.1) is 0 Å². The molecule has 1 aromatic rings. The monoisotopic (exact) mass is 355 g/mol. The molecule has 0 spiro atoms. The van der Waals surface area contributed by atoms with Crippen LogP contribution in [0.25, 0.3) is 5.57 Å². The van der Waals surface area contributed by atoms with E-state index in [0.717, 1.165) is 13.0 Å². The van der Waals surface area contributed by atoms with Crippen LogP contribution in [0.3, 0.4) is 0 Å². The van der Waals surface area contributed by atoms with E-state index in [0.29, 0.717) is 0 Å². The first-order chi connectivity index (χ1) is 5.95. The van der Waals surface area contributed by atoms with Gasteiger partial charge in [-0.1, -0.05) is 12.2 Å². The second-order valence-corrected chi connectivity index (χ2v) is 3.34. The molecule has 2 aliphatic rings. The molecule has 1 aliphatic carbocycles. The maximum atomic E-state index is 2.31. The zero-order chi connectivity index (χ0) is 7.97. The topological polar surface area (TPSA) is 3.88 Å². The Balaban J connectivity index is 0.000000490. The molecule has 1 nitrogen and oxygen atoms in total. The minimum atomic E-state index is 0. The second kappa shape index (κ2) is 4.23. The van der Waals surface area contributed by atoms with Crippen LogP contribution in [0.5, 0.6) is 0 Å². The van der Waals surface area contributed by atoms with E-state index in [1.165, 1.54) is 11.3 Å². The molecule has 0 N–H and O–H groups in total. The van der Waals surface area contributed by atoms with E-state index in [1.807, 2.05) is 0 Å². The molecular formula is C12H13NW. The zero-order valence-electron chi connectivity index (χ0n) is 8.23. The zero-order valence-corrected chi connectivity index (χ0v) is 11.2. The number of rotatable bonds is 0. The van der Waals surface area contributed by atoms with Crippen LogP contribution in [0.2, 0.25) is 0 Å². The molecule has 0 atom stereocenters. The molecule has 0 unspecified atom stereocenters. The van der Waals surface area contributed by atoms with Crippen molar-refractivity contribution in [3.8, 4) is 0 Å². The van der Waals surface area contributed by atoms with Crippen LogP contribution in [0.4, 0.5) is 0 Å². The average Bonchev–Trinajstić information content (AvgIpc) is 2.62. The number of allylic oxidation sites excluding steroid dienone is 4. The second-order valence-electron chi connectivity index (χ2n) is 3.34. The summed E-state index contributed by atoms with van der Waals surface area (Å²) >= 11 is 0. The van der Waals surface area contributed by atoms with Crippen molar-refractivity contribution in [3.63, 3.8) is 0 Å². The molecule has 0 aromatic carbocycles. The van der Waals surface area contributed by atoms with Crippen molar-refractivity contribution < 1.29 is 25.6 Å². The summed E-state index contributed by atoms with van der Waals surface area (Å²) in [5.74, 6) is 0. The molecule has 2 heteroatoms. The Morgan fingerprint density at radius 3 is 2.93 bits per heavy atom. The van der Waals surface area contributed by atoms with Crippen LogP contribution in [0.1, 0.15) is 12.1 Å². The number of aromatic nitrogens is 1. The van der Waals surface area contributed by atoms with E-state index >= 15 is 0 Å².